The number of rotatable bonds is 5. The van der Waals surface area contributed by atoms with Gasteiger partial charge in [0.05, 0.1) is 0 Å². The maximum atomic E-state index is 6.60. The Kier molecular flexibility index (Phi) is 6.06. The maximum Gasteiger partial charge on any atom is 0.103 e. The topological polar surface area (TPSA) is 9.23 Å². The molecule has 0 saturated carbocycles. The molecule has 0 amide bonds. The first kappa shape index (κ1) is 21.5. The largest absolute Gasteiger partial charge is 0.494 e. The monoisotopic (exact) mass is 440 g/mol. The zero-order valence-electron chi connectivity index (χ0n) is 18.0. The highest BCUT2D eigenvalue weighted by Crippen LogP contribution is 2.61. The van der Waals surface area contributed by atoms with Crippen LogP contribution in [0.1, 0.15) is 63.0 Å². The normalized spacial score (nSPS) is 30.7. The SMILES string of the molecule is C=CC[C@@]1(C)C[C@H](c2cccc(Cl)c2)[C@@H](c2ccc(Cl)cc2)C2=C1OC(C)[C@@H]2CC. The zero-order valence-corrected chi connectivity index (χ0v) is 19.5. The third-order valence-corrected chi connectivity index (χ3v) is 7.52. The van der Waals surface area contributed by atoms with E-state index in [1.54, 1.807) is 0 Å². The lowest BCUT2D eigenvalue weighted by atomic mass is 9.59. The van der Waals surface area contributed by atoms with Crippen LogP contribution < -0.4 is 0 Å². The van der Waals surface area contributed by atoms with E-state index in [0.717, 1.165) is 29.3 Å². The molecule has 0 radical (unpaired) electrons. The third kappa shape index (κ3) is 3.72. The highest BCUT2D eigenvalue weighted by Gasteiger charge is 2.51. The van der Waals surface area contributed by atoms with E-state index in [4.69, 9.17) is 27.9 Å². The molecule has 0 spiro atoms. The molecule has 0 aromatic heterocycles. The Balaban J connectivity index is 1.95. The van der Waals surface area contributed by atoms with Gasteiger partial charge in [-0.05, 0) is 73.1 Å². The van der Waals surface area contributed by atoms with E-state index in [1.807, 2.05) is 24.3 Å². The van der Waals surface area contributed by atoms with E-state index in [0.29, 0.717) is 11.8 Å². The summed E-state index contributed by atoms with van der Waals surface area (Å²) in [4.78, 5) is 0. The molecule has 1 heterocycles. The minimum absolute atomic E-state index is 0.0643. The first-order chi connectivity index (χ1) is 14.4. The fourth-order valence-electron chi connectivity index (χ4n) is 5.71. The van der Waals surface area contributed by atoms with Crippen LogP contribution in [0, 0.1) is 11.3 Å². The first-order valence-electron chi connectivity index (χ1n) is 10.9. The van der Waals surface area contributed by atoms with Crippen molar-refractivity contribution in [3.8, 4) is 0 Å². The van der Waals surface area contributed by atoms with E-state index in [-0.39, 0.29) is 17.4 Å². The Labute approximate surface area is 190 Å². The molecule has 3 heteroatoms. The van der Waals surface area contributed by atoms with Crippen LogP contribution >= 0.6 is 23.2 Å². The van der Waals surface area contributed by atoms with Crippen LogP contribution in [0.5, 0.6) is 0 Å². The summed E-state index contributed by atoms with van der Waals surface area (Å²) in [6, 6.07) is 16.7. The Morgan fingerprint density at radius 2 is 1.83 bits per heavy atom. The molecular formula is C27H30Cl2O. The molecule has 2 aromatic carbocycles. The Morgan fingerprint density at radius 3 is 2.47 bits per heavy atom. The summed E-state index contributed by atoms with van der Waals surface area (Å²) in [5, 5.41) is 1.55. The highest BCUT2D eigenvalue weighted by molar-refractivity contribution is 6.30. The van der Waals surface area contributed by atoms with Crippen molar-refractivity contribution in [2.24, 2.45) is 11.3 Å². The summed E-state index contributed by atoms with van der Waals surface area (Å²) < 4.78 is 6.60. The number of ether oxygens (including phenoxy) is 1. The smallest absolute Gasteiger partial charge is 0.103 e. The molecule has 2 aromatic rings. The Hall–Kier alpha value is -1.70. The number of halogens is 2. The number of hydrogen-bond donors (Lipinski definition) is 0. The second kappa shape index (κ2) is 8.44. The Morgan fingerprint density at radius 1 is 1.10 bits per heavy atom. The summed E-state index contributed by atoms with van der Waals surface area (Å²) in [6.07, 6.45) is 5.19. The van der Waals surface area contributed by atoms with E-state index >= 15 is 0 Å². The van der Waals surface area contributed by atoms with E-state index in [9.17, 15) is 0 Å². The van der Waals surface area contributed by atoms with E-state index in [2.05, 4.69) is 57.7 Å². The van der Waals surface area contributed by atoms with Crippen LogP contribution in [0.2, 0.25) is 10.0 Å². The molecular weight excluding hydrogens is 411 g/mol. The molecule has 0 bridgehead atoms. The van der Waals surface area contributed by atoms with Crippen molar-refractivity contribution in [2.75, 3.05) is 0 Å². The van der Waals surface area contributed by atoms with Gasteiger partial charge in [0, 0.05) is 27.3 Å². The zero-order chi connectivity index (χ0) is 21.5. The lowest BCUT2D eigenvalue weighted by Gasteiger charge is -2.44. The molecule has 1 aliphatic heterocycles. The predicted molar refractivity (Wildman–Crippen MR) is 127 cm³/mol. The average Bonchev–Trinajstić information content (AvgIpc) is 3.06. The fourth-order valence-corrected chi connectivity index (χ4v) is 6.03. The third-order valence-electron chi connectivity index (χ3n) is 7.03. The lowest BCUT2D eigenvalue weighted by Crippen LogP contribution is -2.33. The molecule has 0 N–H and O–H groups in total. The second-order valence-electron chi connectivity index (χ2n) is 9.07. The van der Waals surface area contributed by atoms with Crippen molar-refractivity contribution < 1.29 is 4.74 Å². The van der Waals surface area contributed by atoms with Crippen molar-refractivity contribution >= 4 is 23.2 Å². The molecule has 4 rings (SSSR count). The van der Waals surface area contributed by atoms with Gasteiger partial charge in [-0.3, -0.25) is 0 Å². The second-order valence-corrected chi connectivity index (χ2v) is 9.94. The highest BCUT2D eigenvalue weighted by atomic mass is 35.5. The van der Waals surface area contributed by atoms with Crippen molar-refractivity contribution in [2.45, 2.75) is 58.0 Å². The number of hydrogen-bond acceptors (Lipinski definition) is 1. The van der Waals surface area contributed by atoms with Gasteiger partial charge in [-0.25, -0.2) is 0 Å². The van der Waals surface area contributed by atoms with E-state index in [1.165, 1.54) is 22.5 Å². The molecule has 1 aliphatic carbocycles. The molecule has 5 atom stereocenters. The van der Waals surface area contributed by atoms with Crippen molar-refractivity contribution in [1.82, 2.24) is 0 Å². The van der Waals surface area contributed by atoms with Crippen LogP contribution in [0.4, 0.5) is 0 Å². The summed E-state index contributed by atoms with van der Waals surface area (Å²) in [5.74, 6) is 2.17. The Bertz CT molecular complexity index is 961. The maximum absolute atomic E-state index is 6.60. The van der Waals surface area contributed by atoms with Gasteiger partial charge in [0.15, 0.2) is 0 Å². The van der Waals surface area contributed by atoms with Crippen LogP contribution in [-0.4, -0.2) is 6.10 Å². The fraction of sp³-hybridized carbons (Fsp3) is 0.407. The summed E-state index contributed by atoms with van der Waals surface area (Å²) in [5.41, 5.74) is 3.99. The predicted octanol–water partition coefficient (Wildman–Crippen LogP) is 8.55. The first-order valence-corrected chi connectivity index (χ1v) is 11.7. The summed E-state index contributed by atoms with van der Waals surface area (Å²) in [6.45, 7) is 10.9. The van der Waals surface area contributed by atoms with Gasteiger partial charge in [-0.15, -0.1) is 6.58 Å². The van der Waals surface area contributed by atoms with Gasteiger partial charge in [0.1, 0.15) is 11.9 Å². The van der Waals surface area contributed by atoms with Gasteiger partial charge >= 0.3 is 0 Å². The molecule has 0 saturated heterocycles. The van der Waals surface area contributed by atoms with Crippen LogP contribution in [0.3, 0.4) is 0 Å². The molecule has 0 fully saturated rings. The van der Waals surface area contributed by atoms with Crippen molar-refractivity contribution in [3.63, 3.8) is 0 Å². The van der Waals surface area contributed by atoms with Gasteiger partial charge in [-0.2, -0.15) is 0 Å². The quantitative estimate of drug-likeness (QED) is 0.423. The molecule has 1 unspecified atom stereocenters. The van der Waals surface area contributed by atoms with Gasteiger partial charge in [-0.1, -0.05) is 67.4 Å². The number of benzene rings is 2. The standard InChI is InChI=1S/C27H30Cl2O/c1-5-14-27(4)16-23(19-8-7-9-21(29)15-19)24(18-10-12-20(28)13-11-18)25-22(6-2)17(3)30-26(25)27/h5,7-13,15,17,22-24H,1,6,14,16H2,2-4H3/t17?,22-,23+,24+,27-/m0/s1. The van der Waals surface area contributed by atoms with Gasteiger partial charge < -0.3 is 4.74 Å². The summed E-state index contributed by atoms with van der Waals surface area (Å²) in [7, 11) is 0. The minimum Gasteiger partial charge on any atom is -0.494 e. The van der Waals surface area contributed by atoms with Gasteiger partial charge in [0.2, 0.25) is 0 Å². The lowest BCUT2D eigenvalue weighted by molar-refractivity contribution is 0.0760. The molecule has 30 heavy (non-hydrogen) atoms. The van der Waals surface area contributed by atoms with Crippen LogP contribution in [0.15, 0.2) is 72.5 Å². The van der Waals surface area contributed by atoms with E-state index < -0.39 is 0 Å². The van der Waals surface area contributed by atoms with Crippen LogP contribution in [0.25, 0.3) is 0 Å². The van der Waals surface area contributed by atoms with Crippen molar-refractivity contribution in [3.05, 3.63) is 93.7 Å². The number of allylic oxidation sites excluding steroid dienone is 2. The van der Waals surface area contributed by atoms with Crippen LogP contribution in [-0.2, 0) is 4.74 Å². The van der Waals surface area contributed by atoms with Gasteiger partial charge in [0.25, 0.3) is 0 Å². The molecule has 158 valence electrons. The molecule has 2 aliphatic rings. The molecule has 1 nitrogen and oxygen atoms in total. The average molecular weight is 441 g/mol. The minimum atomic E-state index is -0.0643. The summed E-state index contributed by atoms with van der Waals surface area (Å²) >= 11 is 12.7. The van der Waals surface area contributed by atoms with Crippen molar-refractivity contribution in [1.29, 1.82) is 0 Å².